The van der Waals surface area contributed by atoms with Crippen molar-refractivity contribution in [2.24, 2.45) is 5.73 Å². The maximum absolute atomic E-state index is 11.5. The lowest BCUT2D eigenvalue weighted by Gasteiger charge is -2.07. The maximum atomic E-state index is 11.5. The Morgan fingerprint density at radius 3 is 2.87 bits per heavy atom. The fourth-order valence-corrected chi connectivity index (χ4v) is 1.22. The summed E-state index contributed by atoms with van der Waals surface area (Å²) >= 11 is 0. The highest BCUT2D eigenvalue weighted by molar-refractivity contribution is 6.03. The van der Waals surface area contributed by atoms with E-state index in [0.29, 0.717) is 12.1 Å². The normalized spacial score (nSPS) is 9.67. The lowest BCUT2D eigenvalue weighted by Crippen LogP contribution is -2.10. The fourth-order valence-electron chi connectivity index (χ4n) is 1.22. The molecule has 80 valence electrons. The van der Waals surface area contributed by atoms with Crippen molar-refractivity contribution < 1.29 is 14.7 Å². The number of phenols is 1. The number of anilines is 1. The number of Topliss-reactive ketones (excluding diaryl/α,β-unsaturated/α-hetero) is 1. The van der Waals surface area contributed by atoms with Crippen LogP contribution >= 0.6 is 0 Å². The second kappa shape index (κ2) is 5.11. The summed E-state index contributed by atoms with van der Waals surface area (Å²) < 4.78 is 0. The van der Waals surface area contributed by atoms with Crippen LogP contribution in [0.25, 0.3) is 0 Å². The zero-order valence-electron chi connectivity index (χ0n) is 8.06. The molecule has 0 aromatic heterocycles. The van der Waals surface area contributed by atoms with E-state index in [4.69, 9.17) is 5.73 Å². The number of ketones is 1. The van der Waals surface area contributed by atoms with Gasteiger partial charge < -0.3 is 16.2 Å². The van der Waals surface area contributed by atoms with Gasteiger partial charge in [0.25, 0.3) is 0 Å². The molecule has 0 radical (unpaired) electrons. The van der Waals surface area contributed by atoms with Gasteiger partial charge in [0, 0.05) is 12.0 Å². The minimum absolute atomic E-state index is 0.0215. The molecule has 1 aromatic rings. The Labute approximate surface area is 86.9 Å². The van der Waals surface area contributed by atoms with Crippen molar-refractivity contribution in [2.75, 3.05) is 11.9 Å². The number of carbonyl (C=O) groups excluding carboxylic acids is 2. The van der Waals surface area contributed by atoms with E-state index in [-0.39, 0.29) is 30.1 Å². The molecule has 0 heterocycles. The number of rotatable bonds is 5. The molecule has 0 atom stereocenters. The highest BCUT2D eigenvalue weighted by atomic mass is 16.3. The number of benzene rings is 1. The summed E-state index contributed by atoms with van der Waals surface area (Å²) in [5.74, 6) is -0.232. The standard InChI is InChI=1S/C10H12N2O3/c11-4-3-10(15)8-5-7(14)1-2-9(8)12-6-13/h1-2,5-6,14H,3-4,11H2,(H,12,13). The van der Waals surface area contributed by atoms with Gasteiger partial charge in [-0.05, 0) is 24.7 Å². The van der Waals surface area contributed by atoms with Gasteiger partial charge in [0.2, 0.25) is 6.41 Å². The van der Waals surface area contributed by atoms with Gasteiger partial charge in [0.05, 0.1) is 5.69 Å². The van der Waals surface area contributed by atoms with Gasteiger partial charge >= 0.3 is 0 Å². The van der Waals surface area contributed by atoms with Crippen molar-refractivity contribution in [3.05, 3.63) is 23.8 Å². The monoisotopic (exact) mass is 208 g/mol. The summed E-state index contributed by atoms with van der Waals surface area (Å²) in [5.41, 5.74) is 5.90. The van der Waals surface area contributed by atoms with Crippen molar-refractivity contribution in [1.82, 2.24) is 0 Å². The molecule has 15 heavy (non-hydrogen) atoms. The predicted octanol–water partition coefficient (Wildman–Crippen LogP) is 0.492. The molecule has 0 spiro atoms. The van der Waals surface area contributed by atoms with E-state index in [1.807, 2.05) is 0 Å². The van der Waals surface area contributed by atoms with Crippen molar-refractivity contribution >= 4 is 17.9 Å². The van der Waals surface area contributed by atoms with Crippen LogP contribution in [0.1, 0.15) is 16.8 Å². The summed E-state index contributed by atoms with van der Waals surface area (Å²) in [6.45, 7) is 0.231. The smallest absolute Gasteiger partial charge is 0.211 e. The molecule has 1 rings (SSSR count). The van der Waals surface area contributed by atoms with Gasteiger partial charge in [-0.1, -0.05) is 0 Å². The quantitative estimate of drug-likeness (QED) is 0.373. The molecule has 0 aliphatic carbocycles. The van der Waals surface area contributed by atoms with Crippen LogP contribution in [0.15, 0.2) is 18.2 Å². The number of aromatic hydroxyl groups is 1. The van der Waals surface area contributed by atoms with Gasteiger partial charge in [0.1, 0.15) is 5.75 Å². The molecule has 4 N–H and O–H groups in total. The first-order valence-electron chi connectivity index (χ1n) is 4.45. The van der Waals surface area contributed by atoms with Gasteiger partial charge in [0.15, 0.2) is 5.78 Å². The molecule has 1 amide bonds. The average molecular weight is 208 g/mol. The first-order valence-corrected chi connectivity index (χ1v) is 4.45. The second-order valence-electron chi connectivity index (χ2n) is 2.95. The Kier molecular flexibility index (Phi) is 3.82. The molecule has 5 heteroatoms. The van der Waals surface area contributed by atoms with Crippen molar-refractivity contribution in [3.63, 3.8) is 0 Å². The van der Waals surface area contributed by atoms with Gasteiger partial charge in [-0.3, -0.25) is 9.59 Å². The largest absolute Gasteiger partial charge is 0.508 e. The third kappa shape index (κ3) is 2.78. The van der Waals surface area contributed by atoms with Crippen molar-refractivity contribution in [2.45, 2.75) is 6.42 Å². The number of nitrogens with two attached hydrogens (primary N) is 1. The Morgan fingerprint density at radius 1 is 1.53 bits per heavy atom. The molecular formula is C10H12N2O3. The molecule has 0 aliphatic heterocycles. The van der Waals surface area contributed by atoms with Crippen LogP contribution in [-0.4, -0.2) is 23.8 Å². The highest BCUT2D eigenvalue weighted by Gasteiger charge is 2.11. The van der Waals surface area contributed by atoms with E-state index in [2.05, 4.69) is 5.32 Å². The number of carbonyl (C=O) groups is 2. The fraction of sp³-hybridized carbons (Fsp3) is 0.200. The summed E-state index contributed by atoms with van der Waals surface area (Å²) in [6, 6.07) is 4.17. The zero-order valence-corrected chi connectivity index (χ0v) is 8.06. The Morgan fingerprint density at radius 2 is 2.27 bits per heavy atom. The lowest BCUT2D eigenvalue weighted by atomic mass is 10.1. The van der Waals surface area contributed by atoms with Crippen LogP contribution in [-0.2, 0) is 4.79 Å². The van der Waals surface area contributed by atoms with Crippen LogP contribution in [0.4, 0.5) is 5.69 Å². The van der Waals surface area contributed by atoms with E-state index in [1.165, 1.54) is 18.2 Å². The Balaban J connectivity index is 3.05. The topological polar surface area (TPSA) is 92.4 Å². The third-order valence-corrected chi connectivity index (χ3v) is 1.89. The molecular weight excluding hydrogens is 196 g/mol. The first-order chi connectivity index (χ1) is 7.19. The molecule has 0 saturated heterocycles. The number of nitrogens with one attached hydrogen (secondary N) is 1. The summed E-state index contributed by atoms with van der Waals surface area (Å²) in [7, 11) is 0. The second-order valence-corrected chi connectivity index (χ2v) is 2.95. The van der Waals surface area contributed by atoms with Crippen molar-refractivity contribution in [3.8, 4) is 5.75 Å². The minimum Gasteiger partial charge on any atom is -0.508 e. The van der Waals surface area contributed by atoms with E-state index in [9.17, 15) is 14.7 Å². The van der Waals surface area contributed by atoms with Crippen LogP contribution < -0.4 is 11.1 Å². The highest BCUT2D eigenvalue weighted by Crippen LogP contribution is 2.22. The van der Waals surface area contributed by atoms with Crippen LogP contribution in [0, 0.1) is 0 Å². The minimum atomic E-state index is -0.210. The Bertz CT molecular complexity index is 377. The first kappa shape index (κ1) is 11.2. The van der Waals surface area contributed by atoms with Crippen LogP contribution in [0.2, 0.25) is 0 Å². The number of phenolic OH excluding ortho intramolecular Hbond substituents is 1. The molecule has 0 unspecified atom stereocenters. The Hall–Kier alpha value is -1.88. The predicted molar refractivity (Wildman–Crippen MR) is 55.8 cm³/mol. The van der Waals surface area contributed by atoms with Crippen LogP contribution in [0.5, 0.6) is 5.75 Å². The molecule has 0 saturated carbocycles. The van der Waals surface area contributed by atoms with E-state index in [1.54, 1.807) is 0 Å². The lowest BCUT2D eigenvalue weighted by molar-refractivity contribution is -0.105. The van der Waals surface area contributed by atoms with Crippen molar-refractivity contribution in [1.29, 1.82) is 0 Å². The van der Waals surface area contributed by atoms with E-state index >= 15 is 0 Å². The summed E-state index contributed by atoms with van der Waals surface area (Å²) in [6.07, 6.45) is 0.655. The zero-order chi connectivity index (χ0) is 11.3. The molecule has 0 bridgehead atoms. The molecule has 5 nitrogen and oxygen atoms in total. The molecule has 0 aliphatic rings. The van der Waals surface area contributed by atoms with Gasteiger partial charge in [-0.15, -0.1) is 0 Å². The third-order valence-electron chi connectivity index (χ3n) is 1.89. The summed E-state index contributed by atoms with van der Waals surface area (Å²) in [4.78, 5) is 21.8. The summed E-state index contributed by atoms with van der Waals surface area (Å²) in [5, 5.41) is 11.6. The average Bonchev–Trinajstić information content (AvgIpc) is 2.21. The molecule has 0 fully saturated rings. The van der Waals surface area contributed by atoms with E-state index in [0.717, 1.165) is 0 Å². The van der Waals surface area contributed by atoms with E-state index < -0.39 is 0 Å². The van der Waals surface area contributed by atoms with Gasteiger partial charge in [-0.2, -0.15) is 0 Å². The maximum Gasteiger partial charge on any atom is 0.211 e. The van der Waals surface area contributed by atoms with Gasteiger partial charge in [-0.25, -0.2) is 0 Å². The number of hydrogen-bond acceptors (Lipinski definition) is 4. The number of amides is 1. The number of hydrogen-bond donors (Lipinski definition) is 3. The van der Waals surface area contributed by atoms with Crippen LogP contribution in [0.3, 0.4) is 0 Å². The molecule has 1 aromatic carbocycles. The SMILES string of the molecule is NCCC(=O)c1cc(O)ccc1NC=O.